The van der Waals surface area contributed by atoms with Crippen LogP contribution in [0.5, 0.6) is 0 Å². The standard InChI is InChI=1S/C11H16ClN3O2S/c1-7(4-3-5-16)14-10(17)9-8(12)6-13-11(15-9)18-2/h6-7,16H,3-5H2,1-2H3,(H,14,17). The minimum absolute atomic E-state index is 0.0339. The van der Waals surface area contributed by atoms with Gasteiger partial charge in [0.25, 0.3) is 5.91 Å². The number of nitrogens with zero attached hydrogens (tertiary/aromatic N) is 2. The van der Waals surface area contributed by atoms with E-state index in [1.165, 1.54) is 18.0 Å². The highest BCUT2D eigenvalue weighted by Crippen LogP contribution is 2.16. The first kappa shape index (κ1) is 15.2. The minimum atomic E-state index is -0.317. The molecule has 1 atom stereocenters. The molecule has 5 nitrogen and oxygen atoms in total. The third-order valence-electron chi connectivity index (χ3n) is 2.29. The van der Waals surface area contributed by atoms with E-state index < -0.39 is 0 Å². The molecule has 0 aromatic carbocycles. The van der Waals surface area contributed by atoms with Gasteiger partial charge in [0.2, 0.25) is 0 Å². The van der Waals surface area contributed by atoms with Crippen LogP contribution in [0, 0.1) is 0 Å². The van der Waals surface area contributed by atoms with Crippen molar-refractivity contribution in [3.63, 3.8) is 0 Å². The average molecular weight is 290 g/mol. The Morgan fingerprint density at radius 1 is 1.67 bits per heavy atom. The minimum Gasteiger partial charge on any atom is -0.396 e. The zero-order valence-corrected chi connectivity index (χ0v) is 11.9. The number of carbonyl (C=O) groups excluding carboxylic acids is 1. The van der Waals surface area contributed by atoms with Crippen LogP contribution in [0.15, 0.2) is 11.4 Å². The highest BCUT2D eigenvalue weighted by molar-refractivity contribution is 7.98. The van der Waals surface area contributed by atoms with Gasteiger partial charge in [0.05, 0.1) is 11.2 Å². The SMILES string of the molecule is CSc1ncc(Cl)c(C(=O)NC(C)CCCO)n1. The molecule has 0 bridgehead atoms. The molecule has 0 fully saturated rings. The largest absolute Gasteiger partial charge is 0.396 e. The zero-order valence-electron chi connectivity index (χ0n) is 10.3. The molecule has 1 rings (SSSR count). The number of aromatic nitrogens is 2. The molecule has 100 valence electrons. The molecule has 1 amide bonds. The van der Waals surface area contributed by atoms with Crippen LogP contribution in [-0.2, 0) is 0 Å². The Morgan fingerprint density at radius 3 is 3.00 bits per heavy atom. The molecule has 0 radical (unpaired) electrons. The number of amides is 1. The molecule has 1 aromatic rings. The second-order valence-electron chi connectivity index (χ2n) is 3.79. The van der Waals surface area contributed by atoms with Gasteiger partial charge >= 0.3 is 0 Å². The van der Waals surface area contributed by atoms with Crippen LogP contribution in [0.2, 0.25) is 5.02 Å². The van der Waals surface area contributed by atoms with E-state index in [0.717, 1.165) is 0 Å². The van der Waals surface area contributed by atoms with Gasteiger partial charge in [-0.1, -0.05) is 23.4 Å². The molecule has 0 aliphatic rings. The van der Waals surface area contributed by atoms with Crippen molar-refractivity contribution in [1.29, 1.82) is 0 Å². The average Bonchev–Trinajstić information content (AvgIpc) is 2.36. The van der Waals surface area contributed by atoms with Crippen LogP contribution >= 0.6 is 23.4 Å². The van der Waals surface area contributed by atoms with Gasteiger partial charge in [0, 0.05) is 12.6 Å². The number of nitrogens with one attached hydrogen (secondary N) is 1. The number of hydrogen-bond acceptors (Lipinski definition) is 5. The lowest BCUT2D eigenvalue weighted by Gasteiger charge is -2.13. The fourth-order valence-electron chi connectivity index (χ4n) is 1.37. The van der Waals surface area contributed by atoms with Crippen LogP contribution in [0.3, 0.4) is 0 Å². The number of aliphatic hydroxyl groups excluding tert-OH is 1. The topological polar surface area (TPSA) is 75.1 Å². The van der Waals surface area contributed by atoms with Gasteiger partial charge in [0.1, 0.15) is 0 Å². The lowest BCUT2D eigenvalue weighted by atomic mass is 10.2. The Balaban J connectivity index is 2.71. The van der Waals surface area contributed by atoms with E-state index in [1.807, 2.05) is 13.2 Å². The zero-order chi connectivity index (χ0) is 13.5. The predicted octanol–water partition coefficient (Wildman–Crippen LogP) is 1.74. The Kier molecular flexibility index (Phi) is 6.38. The maximum atomic E-state index is 11.9. The number of hydrogen-bond donors (Lipinski definition) is 2. The van der Waals surface area contributed by atoms with E-state index >= 15 is 0 Å². The summed E-state index contributed by atoms with van der Waals surface area (Å²) in [6, 6.07) is -0.0339. The normalized spacial score (nSPS) is 12.2. The van der Waals surface area contributed by atoms with E-state index in [2.05, 4.69) is 15.3 Å². The van der Waals surface area contributed by atoms with Gasteiger partial charge < -0.3 is 10.4 Å². The van der Waals surface area contributed by atoms with Gasteiger partial charge in [-0.3, -0.25) is 4.79 Å². The number of aliphatic hydroxyl groups is 1. The second-order valence-corrected chi connectivity index (χ2v) is 4.97. The lowest BCUT2D eigenvalue weighted by molar-refractivity contribution is 0.0930. The number of carbonyl (C=O) groups is 1. The van der Waals surface area contributed by atoms with E-state index in [9.17, 15) is 4.79 Å². The van der Waals surface area contributed by atoms with Gasteiger partial charge in [-0.2, -0.15) is 0 Å². The summed E-state index contributed by atoms with van der Waals surface area (Å²) >= 11 is 7.25. The maximum absolute atomic E-state index is 11.9. The van der Waals surface area contributed by atoms with Crippen LogP contribution in [-0.4, -0.2) is 39.9 Å². The first-order valence-electron chi connectivity index (χ1n) is 5.56. The van der Waals surface area contributed by atoms with Crippen molar-refractivity contribution in [3.8, 4) is 0 Å². The highest BCUT2D eigenvalue weighted by Gasteiger charge is 2.15. The number of rotatable bonds is 6. The van der Waals surface area contributed by atoms with Crippen LogP contribution in [0.1, 0.15) is 30.3 Å². The van der Waals surface area contributed by atoms with Crippen molar-refractivity contribution in [3.05, 3.63) is 16.9 Å². The van der Waals surface area contributed by atoms with Crippen molar-refractivity contribution in [1.82, 2.24) is 15.3 Å². The van der Waals surface area contributed by atoms with Gasteiger partial charge in [-0.25, -0.2) is 9.97 Å². The van der Waals surface area contributed by atoms with Crippen LogP contribution < -0.4 is 5.32 Å². The molecular weight excluding hydrogens is 274 g/mol. The summed E-state index contributed by atoms with van der Waals surface area (Å²) < 4.78 is 0. The molecule has 0 aliphatic carbocycles. The summed E-state index contributed by atoms with van der Waals surface area (Å²) in [5, 5.41) is 12.3. The molecule has 2 N–H and O–H groups in total. The predicted molar refractivity (Wildman–Crippen MR) is 72.1 cm³/mol. The Bertz CT molecular complexity index is 417. The van der Waals surface area contributed by atoms with E-state index in [1.54, 1.807) is 0 Å². The smallest absolute Gasteiger partial charge is 0.271 e. The summed E-state index contributed by atoms with van der Waals surface area (Å²) in [7, 11) is 0. The molecular formula is C11H16ClN3O2S. The van der Waals surface area contributed by atoms with E-state index in [0.29, 0.717) is 18.0 Å². The number of thioether (sulfide) groups is 1. The molecule has 0 spiro atoms. The van der Waals surface area contributed by atoms with E-state index in [4.69, 9.17) is 16.7 Å². The maximum Gasteiger partial charge on any atom is 0.271 e. The highest BCUT2D eigenvalue weighted by atomic mass is 35.5. The quantitative estimate of drug-likeness (QED) is 0.616. The third-order valence-corrected chi connectivity index (χ3v) is 3.13. The number of halogens is 1. The van der Waals surface area contributed by atoms with Crippen LogP contribution in [0.4, 0.5) is 0 Å². The molecule has 18 heavy (non-hydrogen) atoms. The molecule has 1 aromatic heterocycles. The summed E-state index contributed by atoms with van der Waals surface area (Å²) in [5.41, 5.74) is 0.187. The first-order chi connectivity index (χ1) is 8.58. The lowest BCUT2D eigenvalue weighted by Crippen LogP contribution is -2.33. The molecule has 0 saturated carbocycles. The van der Waals surface area contributed by atoms with E-state index in [-0.39, 0.29) is 29.3 Å². The summed E-state index contributed by atoms with van der Waals surface area (Å²) in [6.07, 6.45) is 4.61. The van der Waals surface area contributed by atoms with Crippen molar-refractivity contribution < 1.29 is 9.90 Å². The molecule has 1 heterocycles. The summed E-state index contributed by atoms with van der Waals surface area (Å²) in [5.74, 6) is -0.317. The Labute approximate surface area is 115 Å². The molecule has 1 unspecified atom stereocenters. The molecule has 0 saturated heterocycles. The summed E-state index contributed by atoms with van der Waals surface area (Å²) in [6.45, 7) is 1.99. The van der Waals surface area contributed by atoms with Crippen molar-refractivity contribution in [2.24, 2.45) is 0 Å². The van der Waals surface area contributed by atoms with Gasteiger partial charge in [0.15, 0.2) is 10.9 Å². The monoisotopic (exact) mass is 289 g/mol. The second kappa shape index (κ2) is 7.56. The first-order valence-corrected chi connectivity index (χ1v) is 7.17. The molecule has 0 aliphatic heterocycles. The van der Waals surface area contributed by atoms with Gasteiger partial charge in [-0.15, -0.1) is 0 Å². The fraction of sp³-hybridized carbons (Fsp3) is 0.545. The fourth-order valence-corrected chi connectivity index (χ4v) is 1.89. The van der Waals surface area contributed by atoms with Crippen LogP contribution in [0.25, 0.3) is 0 Å². The van der Waals surface area contributed by atoms with Crippen molar-refractivity contribution in [2.75, 3.05) is 12.9 Å². The third kappa shape index (κ3) is 4.44. The molecule has 7 heteroatoms. The van der Waals surface area contributed by atoms with Gasteiger partial charge in [-0.05, 0) is 26.0 Å². The van der Waals surface area contributed by atoms with Crippen molar-refractivity contribution >= 4 is 29.3 Å². The Hall–Kier alpha value is -0.850. The van der Waals surface area contributed by atoms with Crippen molar-refractivity contribution in [2.45, 2.75) is 31.0 Å². The summed E-state index contributed by atoms with van der Waals surface area (Å²) in [4.78, 5) is 20.0. The Morgan fingerprint density at radius 2 is 2.39 bits per heavy atom.